The Bertz CT molecular complexity index is 1220. The van der Waals surface area contributed by atoms with Crippen molar-refractivity contribution in [1.29, 1.82) is 0 Å². The van der Waals surface area contributed by atoms with Gasteiger partial charge >= 0.3 is 0 Å². The minimum absolute atomic E-state index is 0.544. The second kappa shape index (κ2) is 7.36. The minimum Gasteiger partial charge on any atom is -0.341 e. The normalized spacial score (nSPS) is 13.1. The average Bonchev–Trinajstić information content (AvgIpc) is 2.76. The van der Waals surface area contributed by atoms with Gasteiger partial charge in [-0.25, -0.2) is 4.98 Å². The van der Waals surface area contributed by atoms with Crippen LogP contribution in [0.25, 0.3) is 22.1 Å². The fourth-order valence-corrected chi connectivity index (χ4v) is 4.62. The van der Waals surface area contributed by atoms with Crippen LogP contribution in [0, 0.1) is 0 Å². The van der Waals surface area contributed by atoms with E-state index in [1.54, 1.807) is 0 Å². The summed E-state index contributed by atoms with van der Waals surface area (Å²) >= 11 is 12.3. The van der Waals surface area contributed by atoms with Crippen LogP contribution in [0.1, 0.15) is 0 Å². The monoisotopic (exact) mass is 423 g/mol. The molecule has 29 heavy (non-hydrogen) atoms. The number of hydrogen-bond acceptors (Lipinski definition) is 3. The first-order valence-corrected chi connectivity index (χ1v) is 10.8. The summed E-state index contributed by atoms with van der Waals surface area (Å²) in [7, 11) is 2.11. The molecule has 6 heteroatoms. The molecule has 0 spiro atoms. The van der Waals surface area contributed by atoms with Gasteiger partial charge < -0.3 is 9.80 Å². The fraction of sp³-hybridized carbons (Fsp3) is 0.217. The van der Waals surface area contributed by atoms with Crippen molar-refractivity contribution in [3.05, 3.63) is 60.7 Å². The number of fused-ring (bicyclic) bond motifs is 4. The molecule has 4 aromatic rings. The Labute approximate surface area is 179 Å². The standard InChI is InChI=1S/C23H21Cl2N4/c1-27-19-8-4-5-9-20(19)29(13-11-25)23-14-17-21(15-22(23)27)28(12-10-24)18-7-3-2-6-16(18)26-17/h2-9,14-15H,10-13H2,1H3/q+1. The zero-order valence-corrected chi connectivity index (χ0v) is 17.7. The lowest BCUT2D eigenvalue weighted by Crippen LogP contribution is -2.37. The third kappa shape index (κ3) is 2.90. The molecule has 0 radical (unpaired) electrons. The number of anilines is 4. The van der Waals surface area contributed by atoms with Crippen LogP contribution in [0.3, 0.4) is 0 Å². The highest BCUT2D eigenvalue weighted by molar-refractivity contribution is 6.18. The lowest BCUT2D eigenvalue weighted by molar-refractivity contribution is -0.640. The maximum Gasteiger partial charge on any atom is 0.233 e. The molecule has 0 atom stereocenters. The summed E-state index contributed by atoms with van der Waals surface area (Å²) < 4.78 is 2.27. The molecule has 1 aromatic heterocycles. The van der Waals surface area contributed by atoms with Crippen molar-refractivity contribution in [3.63, 3.8) is 0 Å². The number of halogens is 2. The highest BCUT2D eigenvalue weighted by Gasteiger charge is 2.29. The molecule has 0 bridgehead atoms. The van der Waals surface area contributed by atoms with Gasteiger partial charge in [-0.05, 0) is 24.3 Å². The van der Waals surface area contributed by atoms with Crippen LogP contribution in [0.2, 0.25) is 0 Å². The predicted octanol–water partition coefficient (Wildman–Crippen LogP) is 5.37. The molecule has 0 unspecified atom stereocenters. The van der Waals surface area contributed by atoms with Gasteiger partial charge in [0.05, 0.1) is 28.6 Å². The molecule has 0 amide bonds. The van der Waals surface area contributed by atoms with E-state index in [1.165, 1.54) is 5.69 Å². The van der Waals surface area contributed by atoms with Crippen molar-refractivity contribution in [1.82, 2.24) is 4.98 Å². The van der Waals surface area contributed by atoms with E-state index in [0.717, 1.165) is 52.2 Å². The Morgan fingerprint density at radius 2 is 1.55 bits per heavy atom. The van der Waals surface area contributed by atoms with E-state index < -0.39 is 0 Å². The zero-order chi connectivity index (χ0) is 20.0. The Morgan fingerprint density at radius 3 is 2.34 bits per heavy atom. The van der Waals surface area contributed by atoms with E-state index in [4.69, 9.17) is 28.2 Å². The van der Waals surface area contributed by atoms with E-state index in [2.05, 4.69) is 69.9 Å². The summed E-state index contributed by atoms with van der Waals surface area (Å²) in [5, 5.41) is 0. The maximum absolute atomic E-state index is 6.18. The quantitative estimate of drug-likeness (QED) is 0.250. The van der Waals surface area contributed by atoms with E-state index in [-0.39, 0.29) is 0 Å². The molecule has 0 saturated heterocycles. The summed E-state index contributed by atoms with van der Waals surface area (Å²) in [6, 6.07) is 21.1. The average molecular weight is 424 g/mol. The van der Waals surface area contributed by atoms with Crippen molar-refractivity contribution >= 4 is 68.0 Å². The predicted molar refractivity (Wildman–Crippen MR) is 122 cm³/mol. The molecule has 146 valence electrons. The SMILES string of the molecule is CN1c2ccccc2N(CCCl)c2cc3nc4ccccc4[n+](CCCl)c3cc21. The highest BCUT2D eigenvalue weighted by atomic mass is 35.5. The van der Waals surface area contributed by atoms with E-state index in [1.807, 2.05) is 12.1 Å². The summed E-state index contributed by atoms with van der Waals surface area (Å²) in [6.07, 6.45) is 0. The molecule has 0 N–H and O–H groups in total. The van der Waals surface area contributed by atoms with Gasteiger partial charge in [0.25, 0.3) is 0 Å². The molecule has 1 aliphatic rings. The number of aryl methyl sites for hydroxylation is 1. The topological polar surface area (TPSA) is 23.2 Å². The molecular weight excluding hydrogens is 403 g/mol. The van der Waals surface area contributed by atoms with Crippen molar-refractivity contribution in [2.45, 2.75) is 6.54 Å². The van der Waals surface area contributed by atoms with Crippen LogP contribution in [-0.4, -0.2) is 30.3 Å². The molecule has 0 saturated carbocycles. The second-order valence-corrected chi connectivity index (χ2v) is 7.92. The van der Waals surface area contributed by atoms with Crippen LogP contribution in [0.4, 0.5) is 22.7 Å². The van der Waals surface area contributed by atoms with Crippen molar-refractivity contribution in [3.8, 4) is 0 Å². The number of alkyl halides is 2. The van der Waals surface area contributed by atoms with Gasteiger partial charge in [0, 0.05) is 31.6 Å². The first-order valence-electron chi connectivity index (χ1n) is 9.71. The van der Waals surface area contributed by atoms with E-state index in [0.29, 0.717) is 11.8 Å². The van der Waals surface area contributed by atoms with Crippen molar-refractivity contribution in [2.24, 2.45) is 0 Å². The van der Waals surface area contributed by atoms with Crippen LogP contribution in [-0.2, 0) is 6.54 Å². The van der Waals surface area contributed by atoms with Crippen molar-refractivity contribution in [2.75, 3.05) is 35.2 Å². The van der Waals surface area contributed by atoms with Crippen molar-refractivity contribution < 1.29 is 4.57 Å². The van der Waals surface area contributed by atoms with Crippen LogP contribution < -0.4 is 14.4 Å². The van der Waals surface area contributed by atoms with Gasteiger partial charge in [-0.1, -0.05) is 24.3 Å². The lowest BCUT2D eigenvalue weighted by Gasteiger charge is -2.38. The third-order valence-corrected chi connectivity index (χ3v) is 5.92. The van der Waals surface area contributed by atoms with Crippen LogP contribution in [0.15, 0.2) is 60.7 Å². The first-order chi connectivity index (χ1) is 14.2. The molecule has 4 nitrogen and oxygen atoms in total. The zero-order valence-electron chi connectivity index (χ0n) is 16.1. The summed E-state index contributed by atoms with van der Waals surface area (Å²) in [6.45, 7) is 1.46. The van der Waals surface area contributed by atoms with Gasteiger partial charge in [-0.2, -0.15) is 4.57 Å². The fourth-order valence-electron chi connectivity index (χ4n) is 4.28. The number of rotatable bonds is 4. The number of benzene rings is 3. The Morgan fingerprint density at radius 1 is 0.793 bits per heavy atom. The minimum atomic E-state index is 0.544. The summed E-state index contributed by atoms with van der Waals surface area (Å²) in [5.74, 6) is 1.09. The Kier molecular flexibility index (Phi) is 4.69. The summed E-state index contributed by atoms with van der Waals surface area (Å²) in [4.78, 5) is 9.50. The van der Waals surface area contributed by atoms with Gasteiger partial charge in [-0.15, -0.1) is 23.2 Å². The maximum atomic E-state index is 6.18. The van der Waals surface area contributed by atoms with Gasteiger partial charge in [0.15, 0.2) is 6.54 Å². The first kappa shape index (κ1) is 18.5. The molecule has 1 aliphatic heterocycles. The molecular formula is C23H21Cl2N4+. The molecule has 2 heterocycles. The third-order valence-electron chi connectivity index (χ3n) is 5.58. The Hall–Kier alpha value is -2.56. The van der Waals surface area contributed by atoms with Gasteiger partial charge in [0.2, 0.25) is 11.0 Å². The second-order valence-electron chi connectivity index (χ2n) is 7.16. The highest BCUT2D eigenvalue weighted by Crippen LogP contribution is 2.47. The molecule has 5 rings (SSSR count). The molecule has 0 fully saturated rings. The van der Waals surface area contributed by atoms with Crippen LogP contribution in [0.5, 0.6) is 0 Å². The number of aromatic nitrogens is 2. The summed E-state index contributed by atoms with van der Waals surface area (Å²) in [5.41, 5.74) is 8.70. The number of para-hydroxylation sites is 4. The molecule has 0 aliphatic carbocycles. The van der Waals surface area contributed by atoms with Crippen LogP contribution >= 0.6 is 23.2 Å². The van der Waals surface area contributed by atoms with Gasteiger partial charge in [0.1, 0.15) is 11.0 Å². The van der Waals surface area contributed by atoms with Gasteiger partial charge in [-0.3, -0.25) is 0 Å². The largest absolute Gasteiger partial charge is 0.341 e. The van der Waals surface area contributed by atoms with E-state index >= 15 is 0 Å². The molecule has 3 aromatic carbocycles. The lowest BCUT2D eigenvalue weighted by atomic mass is 10.1. The number of nitrogens with zero attached hydrogens (tertiary/aromatic N) is 4. The number of hydrogen-bond donors (Lipinski definition) is 0. The smallest absolute Gasteiger partial charge is 0.233 e. The van der Waals surface area contributed by atoms with E-state index in [9.17, 15) is 0 Å². The Balaban J connectivity index is 1.83.